The number of hydrogen-bond donors (Lipinski definition) is 1. The molecule has 3 fully saturated rings. The number of ether oxygens (including phenoxy) is 1. The quantitative estimate of drug-likeness (QED) is 0.803. The summed E-state index contributed by atoms with van der Waals surface area (Å²) in [4.78, 5) is 6.29. The fourth-order valence-electron chi connectivity index (χ4n) is 4.91. The highest BCUT2D eigenvalue weighted by Crippen LogP contribution is 2.59. The van der Waals surface area contributed by atoms with Gasteiger partial charge in [-0.25, -0.2) is 4.98 Å². The number of pyridine rings is 1. The van der Waals surface area contributed by atoms with Gasteiger partial charge in [0.25, 0.3) is 0 Å². The Morgan fingerprint density at radius 2 is 1.90 bits per heavy atom. The van der Waals surface area contributed by atoms with E-state index in [1.165, 1.54) is 6.20 Å². The SMILES string of the molecule is CC(C)Cn1nc(-c2cnc(N)c(C(F)(F)F)c2)cc1C1[C@H]2CN(C3COC3)C[C@@H]12. The lowest BCUT2D eigenvalue weighted by atomic mass is 10.1. The normalized spacial score (nSPS) is 26.8. The van der Waals surface area contributed by atoms with E-state index in [9.17, 15) is 13.2 Å². The first kappa shape index (κ1) is 19.8. The number of aromatic nitrogens is 3. The van der Waals surface area contributed by atoms with Gasteiger partial charge in [-0.1, -0.05) is 13.8 Å². The monoisotopic (exact) mass is 421 g/mol. The summed E-state index contributed by atoms with van der Waals surface area (Å²) in [6.45, 7) is 8.74. The Kier molecular flexibility index (Phi) is 4.59. The number of alkyl halides is 3. The van der Waals surface area contributed by atoms with Gasteiger partial charge in [-0.05, 0) is 29.9 Å². The molecule has 2 aromatic heterocycles. The maximum Gasteiger partial charge on any atom is 0.419 e. The number of nitrogens with zero attached hydrogens (tertiary/aromatic N) is 4. The highest BCUT2D eigenvalue weighted by atomic mass is 19.4. The summed E-state index contributed by atoms with van der Waals surface area (Å²) in [6.07, 6.45) is -3.17. The number of hydrogen-bond acceptors (Lipinski definition) is 5. The Labute approximate surface area is 173 Å². The second kappa shape index (κ2) is 6.95. The Bertz CT molecular complexity index is 941. The van der Waals surface area contributed by atoms with E-state index in [1.54, 1.807) is 0 Å². The molecule has 5 rings (SSSR count). The molecule has 0 bridgehead atoms. The van der Waals surface area contributed by atoms with Crippen LogP contribution in [0.25, 0.3) is 11.3 Å². The Morgan fingerprint density at radius 1 is 1.20 bits per heavy atom. The lowest BCUT2D eigenvalue weighted by Crippen LogP contribution is -2.48. The minimum Gasteiger partial charge on any atom is -0.383 e. The number of piperidine rings is 1. The molecule has 0 amide bonds. The van der Waals surface area contributed by atoms with Gasteiger partial charge in [-0.15, -0.1) is 0 Å². The number of fused-ring (bicyclic) bond motifs is 1. The van der Waals surface area contributed by atoms with Crippen LogP contribution in [0.1, 0.15) is 31.0 Å². The zero-order valence-corrected chi connectivity index (χ0v) is 17.1. The van der Waals surface area contributed by atoms with E-state index in [0.29, 0.717) is 41.0 Å². The highest BCUT2D eigenvalue weighted by molar-refractivity contribution is 5.63. The predicted molar refractivity (Wildman–Crippen MR) is 106 cm³/mol. The van der Waals surface area contributed by atoms with Gasteiger partial charge in [-0.2, -0.15) is 18.3 Å². The lowest BCUT2D eigenvalue weighted by molar-refractivity contribution is -0.137. The van der Waals surface area contributed by atoms with Crippen LogP contribution in [0.2, 0.25) is 0 Å². The predicted octanol–water partition coefficient (Wildman–Crippen LogP) is 3.25. The highest BCUT2D eigenvalue weighted by Gasteiger charge is 2.58. The molecule has 0 radical (unpaired) electrons. The van der Waals surface area contributed by atoms with Crippen molar-refractivity contribution >= 4 is 5.82 Å². The van der Waals surface area contributed by atoms with E-state index in [4.69, 9.17) is 10.5 Å². The van der Waals surface area contributed by atoms with Gasteiger partial charge < -0.3 is 10.5 Å². The largest absolute Gasteiger partial charge is 0.419 e. The fourth-order valence-corrected chi connectivity index (χ4v) is 4.91. The van der Waals surface area contributed by atoms with Gasteiger partial charge in [0.1, 0.15) is 5.82 Å². The number of nitrogen functional groups attached to an aromatic ring is 1. The molecule has 30 heavy (non-hydrogen) atoms. The van der Waals surface area contributed by atoms with E-state index in [-0.39, 0.29) is 0 Å². The summed E-state index contributed by atoms with van der Waals surface area (Å²) < 4.78 is 47.1. The van der Waals surface area contributed by atoms with Crippen molar-refractivity contribution in [3.8, 4) is 11.3 Å². The van der Waals surface area contributed by atoms with Crippen LogP contribution in [0, 0.1) is 17.8 Å². The lowest BCUT2D eigenvalue weighted by Gasteiger charge is -2.35. The maximum absolute atomic E-state index is 13.3. The van der Waals surface area contributed by atoms with E-state index in [1.807, 2.05) is 10.7 Å². The summed E-state index contributed by atoms with van der Waals surface area (Å²) in [5.74, 6) is 1.48. The molecule has 6 nitrogen and oxygen atoms in total. The molecule has 3 aliphatic rings. The molecule has 2 saturated heterocycles. The second-order valence-electron chi connectivity index (χ2n) is 9.18. The first-order valence-corrected chi connectivity index (χ1v) is 10.4. The first-order chi connectivity index (χ1) is 14.2. The van der Waals surface area contributed by atoms with Gasteiger partial charge in [-0.3, -0.25) is 9.58 Å². The van der Waals surface area contributed by atoms with Gasteiger partial charge in [0.05, 0.1) is 30.5 Å². The van der Waals surface area contributed by atoms with Crippen LogP contribution >= 0.6 is 0 Å². The average molecular weight is 421 g/mol. The third-order valence-electron chi connectivity index (χ3n) is 6.57. The van der Waals surface area contributed by atoms with Crippen LogP contribution in [0.5, 0.6) is 0 Å². The summed E-state index contributed by atoms with van der Waals surface area (Å²) in [5, 5.41) is 4.68. The molecule has 2 aliphatic heterocycles. The molecule has 1 saturated carbocycles. The molecule has 3 atom stereocenters. The molecule has 2 aromatic rings. The van der Waals surface area contributed by atoms with Crippen LogP contribution < -0.4 is 5.73 Å². The van der Waals surface area contributed by atoms with Crippen LogP contribution in [0.4, 0.5) is 19.0 Å². The van der Waals surface area contributed by atoms with Gasteiger partial charge in [0.2, 0.25) is 0 Å². The van der Waals surface area contributed by atoms with Crippen molar-refractivity contribution in [1.29, 1.82) is 0 Å². The first-order valence-electron chi connectivity index (χ1n) is 10.4. The zero-order valence-electron chi connectivity index (χ0n) is 17.1. The third-order valence-corrected chi connectivity index (χ3v) is 6.57. The molecule has 1 aliphatic carbocycles. The van der Waals surface area contributed by atoms with Gasteiger partial charge in [0.15, 0.2) is 0 Å². The van der Waals surface area contributed by atoms with Gasteiger partial charge >= 0.3 is 6.18 Å². The average Bonchev–Trinajstić information content (AvgIpc) is 2.95. The van der Waals surface area contributed by atoms with Crippen molar-refractivity contribution in [2.75, 3.05) is 32.0 Å². The molecular formula is C21H26F3N5O. The van der Waals surface area contributed by atoms with Crippen molar-refractivity contribution in [3.63, 3.8) is 0 Å². The van der Waals surface area contributed by atoms with E-state index < -0.39 is 17.6 Å². The third kappa shape index (κ3) is 3.37. The van der Waals surface area contributed by atoms with E-state index in [2.05, 4.69) is 28.8 Å². The van der Waals surface area contributed by atoms with E-state index >= 15 is 0 Å². The smallest absolute Gasteiger partial charge is 0.383 e. The van der Waals surface area contributed by atoms with Gasteiger partial charge in [0, 0.05) is 43.0 Å². The molecular weight excluding hydrogens is 395 g/mol. The van der Waals surface area contributed by atoms with Crippen molar-refractivity contribution in [2.24, 2.45) is 17.8 Å². The standard InChI is InChI=1S/C21H26F3N5O/c1-11(2)6-29-18(19-14-7-28(8-15(14)19)13-9-30-10-13)4-17(27-29)12-3-16(21(22,23)24)20(25)26-5-12/h3-5,11,13-15,19H,6-10H2,1-2H3,(H2,25,26)/t14-,15+,19?. The molecule has 1 unspecified atom stereocenters. The van der Waals surface area contributed by atoms with Crippen LogP contribution in [-0.2, 0) is 17.5 Å². The van der Waals surface area contributed by atoms with Crippen LogP contribution in [0.3, 0.4) is 0 Å². The summed E-state index contributed by atoms with van der Waals surface area (Å²) >= 11 is 0. The maximum atomic E-state index is 13.3. The topological polar surface area (TPSA) is 69.2 Å². The van der Waals surface area contributed by atoms with Crippen molar-refractivity contribution in [3.05, 3.63) is 29.6 Å². The Balaban J connectivity index is 1.43. The Morgan fingerprint density at radius 3 is 2.47 bits per heavy atom. The Hall–Kier alpha value is -2.13. The zero-order chi connectivity index (χ0) is 21.2. The molecule has 0 aromatic carbocycles. The van der Waals surface area contributed by atoms with Crippen molar-refractivity contribution in [1.82, 2.24) is 19.7 Å². The fraction of sp³-hybridized carbons (Fsp3) is 0.619. The number of anilines is 1. The number of likely N-dealkylation sites (tertiary alicyclic amines) is 1. The molecule has 162 valence electrons. The summed E-state index contributed by atoms with van der Waals surface area (Å²) in [7, 11) is 0. The summed E-state index contributed by atoms with van der Waals surface area (Å²) in [5.41, 5.74) is 6.54. The molecule has 0 spiro atoms. The summed E-state index contributed by atoms with van der Waals surface area (Å²) in [6, 6.07) is 3.56. The number of halogens is 3. The van der Waals surface area contributed by atoms with Crippen molar-refractivity contribution in [2.45, 2.75) is 38.5 Å². The van der Waals surface area contributed by atoms with Crippen LogP contribution in [-0.4, -0.2) is 52.0 Å². The molecule has 9 heteroatoms. The number of nitrogens with two attached hydrogens (primary N) is 1. The molecule has 4 heterocycles. The van der Waals surface area contributed by atoms with E-state index in [0.717, 1.165) is 44.6 Å². The van der Waals surface area contributed by atoms with Crippen LogP contribution in [0.15, 0.2) is 18.3 Å². The minimum absolute atomic E-state index is 0.347. The number of rotatable bonds is 5. The minimum atomic E-state index is -4.54. The van der Waals surface area contributed by atoms with Crippen molar-refractivity contribution < 1.29 is 17.9 Å². The second-order valence-corrected chi connectivity index (χ2v) is 9.18. The molecule has 2 N–H and O–H groups in total.